The first kappa shape index (κ1) is 12.3. The van der Waals surface area contributed by atoms with E-state index in [1.807, 2.05) is 31.2 Å². The third kappa shape index (κ3) is 2.57. The summed E-state index contributed by atoms with van der Waals surface area (Å²) in [7, 11) is 0. The van der Waals surface area contributed by atoms with Crippen molar-refractivity contribution >= 4 is 5.91 Å². The molecule has 0 saturated heterocycles. The van der Waals surface area contributed by atoms with Crippen LogP contribution in [0.5, 0.6) is 0 Å². The Morgan fingerprint density at radius 3 is 2.72 bits per heavy atom. The van der Waals surface area contributed by atoms with Gasteiger partial charge in [-0.2, -0.15) is 5.10 Å². The lowest BCUT2D eigenvalue weighted by atomic mass is 10.1. The van der Waals surface area contributed by atoms with Crippen LogP contribution >= 0.6 is 0 Å². The molecule has 0 fully saturated rings. The van der Waals surface area contributed by atoms with Gasteiger partial charge in [0.25, 0.3) is 5.91 Å². The summed E-state index contributed by atoms with van der Waals surface area (Å²) in [5.41, 5.74) is 13.3. The summed E-state index contributed by atoms with van der Waals surface area (Å²) >= 11 is 0. The van der Waals surface area contributed by atoms with Crippen molar-refractivity contribution in [3.63, 3.8) is 0 Å². The van der Waals surface area contributed by atoms with Crippen LogP contribution in [0.2, 0.25) is 0 Å². The van der Waals surface area contributed by atoms with Crippen LogP contribution in [0.15, 0.2) is 36.5 Å². The number of nitrogens with zero attached hydrogens (tertiary/aromatic N) is 2. The third-order valence-corrected chi connectivity index (χ3v) is 2.62. The maximum Gasteiger partial charge on any atom is 0.269 e. The Hall–Kier alpha value is -2.14. The zero-order valence-corrected chi connectivity index (χ0v) is 10.2. The highest BCUT2D eigenvalue weighted by Crippen LogP contribution is 2.15. The molecular weight excluding hydrogens is 228 g/mol. The Kier molecular flexibility index (Phi) is 3.43. The van der Waals surface area contributed by atoms with Gasteiger partial charge >= 0.3 is 0 Å². The van der Waals surface area contributed by atoms with E-state index in [0.29, 0.717) is 0 Å². The van der Waals surface area contributed by atoms with Gasteiger partial charge in [-0.25, -0.2) is 4.68 Å². The number of hydrogen-bond donors (Lipinski definition) is 2. The second kappa shape index (κ2) is 5.01. The van der Waals surface area contributed by atoms with Crippen molar-refractivity contribution in [2.45, 2.75) is 19.4 Å². The molecule has 5 nitrogen and oxygen atoms in total. The van der Waals surface area contributed by atoms with Crippen LogP contribution in [-0.4, -0.2) is 21.7 Å². The van der Waals surface area contributed by atoms with Crippen LogP contribution in [0.4, 0.5) is 0 Å². The molecule has 18 heavy (non-hydrogen) atoms. The lowest BCUT2D eigenvalue weighted by molar-refractivity contribution is 0.0995. The Labute approximate surface area is 105 Å². The Bertz CT molecular complexity index is 560. The summed E-state index contributed by atoms with van der Waals surface area (Å²) in [4.78, 5) is 11.0. The Morgan fingerprint density at radius 1 is 1.39 bits per heavy atom. The fraction of sp³-hybridized carbons (Fsp3) is 0.231. The van der Waals surface area contributed by atoms with E-state index < -0.39 is 5.91 Å². The van der Waals surface area contributed by atoms with Gasteiger partial charge in [-0.15, -0.1) is 0 Å². The Morgan fingerprint density at radius 2 is 2.11 bits per heavy atom. The van der Waals surface area contributed by atoms with E-state index in [4.69, 9.17) is 11.5 Å². The number of rotatable bonds is 4. The molecule has 1 aromatic heterocycles. The van der Waals surface area contributed by atoms with Crippen molar-refractivity contribution in [3.05, 3.63) is 47.8 Å². The van der Waals surface area contributed by atoms with Crippen LogP contribution in [-0.2, 0) is 6.42 Å². The molecule has 94 valence electrons. The molecule has 0 aliphatic rings. The molecule has 0 aliphatic carbocycles. The monoisotopic (exact) mass is 244 g/mol. The van der Waals surface area contributed by atoms with Gasteiger partial charge in [-0.1, -0.05) is 18.2 Å². The highest BCUT2D eigenvalue weighted by atomic mass is 16.1. The second-order valence-corrected chi connectivity index (χ2v) is 4.32. The van der Waals surface area contributed by atoms with Gasteiger partial charge in [0, 0.05) is 12.2 Å². The number of carbonyl (C=O) groups excluding carboxylic acids is 1. The first-order valence-electron chi connectivity index (χ1n) is 5.77. The van der Waals surface area contributed by atoms with E-state index in [0.717, 1.165) is 17.7 Å². The SMILES string of the molecule is CC(N)Cc1ccccc1-n1ccc(C(N)=O)n1. The molecule has 1 atom stereocenters. The average molecular weight is 244 g/mol. The van der Waals surface area contributed by atoms with Gasteiger partial charge in [0.1, 0.15) is 5.69 Å². The number of hydrogen-bond acceptors (Lipinski definition) is 3. The van der Waals surface area contributed by atoms with Gasteiger partial charge in [0.05, 0.1) is 5.69 Å². The number of primary amides is 1. The summed E-state index contributed by atoms with van der Waals surface area (Å²) in [5, 5.41) is 4.15. The minimum Gasteiger partial charge on any atom is -0.364 e. The van der Waals surface area contributed by atoms with E-state index in [-0.39, 0.29) is 11.7 Å². The molecule has 0 saturated carbocycles. The van der Waals surface area contributed by atoms with Crippen LogP contribution < -0.4 is 11.5 Å². The van der Waals surface area contributed by atoms with Crippen molar-refractivity contribution < 1.29 is 4.79 Å². The molecule has 2 aromatic rings. The highest BCUT2D eigenvalue weighted by Gasteiger charge is 2.09. The Balaban J connectivity index is 2.39. The van der Waals surface area contributed by atoms with Crippen LogP contribution in [0.1, 0.15) is 23.0 Å². The molecule has 0 aliphatic heterocycles. The quantitative estimate of drug-likeness (QED) is 0.836. The number of amides is 1. The van der Waals surface area contributed by atoms with E-state index in [1.165, 1.54) is 0 Å². The summed E-state index contributed by atoms with van der Waals surface area (Å²) in [6, 6.07) is 9.49. The third-order valence-electron chi connectivity index (χ3n) is 2.62. The molecule has 0 spiro atoms. The molecule has 1 amide bonds. The number of benzene rings is 1. The van der Waals surface area contributed by atoms with Crippen molar-refractivity contribution in [2.24, 2.45) is 11.5 Å². The van der Waals surface area contributed by atoms with Gasteiger partial charge in [0.2, 0.25) is 0 Å². The van der Waals surface area contributed by atoms with Crippen molar-refractivity contribution in [1.82, 2.24) is 9.78 Å². The molecule has 5 heteroatoms. The zero-order chi connectivity index (χ0) is 13.1. The first-order chi connectivity index (χ1) is 8.58. The van der Waals surface area contributed by atoms with Crippen molar-refractivity contribution in [2.75, 3.05) is 0 Å². The molecule has 1 aromatic carbocycles. The minimum absolute atomic E-state index is 0.0670. The highest BCUT2D eigenvalue weighted by molar-refractivity contribution is 5.90. The molecule has 0 radical (unpaired) electrons. The smallest absolute Gasteiger partial charge is 0.269 e. The van der Waals surface area contributed by atoms with Gasteiger partial charge in [-0.05, 0) is 31.0 Å². The first-order valence-corrected chi connectivity index (χ1v) is 5.77. The number of aromatic nitrogens is 2. The fourth-order valence-electron chi connectivity index (χ4n) is 1.84. The van der Waals surface area contributed by atoms with Gasteiger partial charge in [0.15, 0.2) is 0 Å². The molecule has 4 N–H and O–H groups in total. The molecule has 1 unspecified atom stereocenters. The van der Waals surface area contributed by atoms with Crippen LogP contribution in [0.25, 0.3) is 5.69 Å². The summed E-state index contributed by atoms with van der Waals surface area (Å²) in [6.07, 6.45) is 2.47. The number of nitrogens with two attached hydrogens (primary N) is 2. The number of para-hydroxylation sites is 1. The van der Waals surface area contributed by atoms with Crippen molar-refractivity contribution in [3.8, 4) is 5.69 Å². The van der Waals surface area contributed by atoms with Gasteiger partial charge in [-0.3, -0.25) is 4.79 Å². The normalized spacial score (nSPS) is 12.3. The number of carbonyl (C=O) groups is 1. The lowest BCUT2D eigenvalue weighted by Gasteiger charge is -2.11. The maximum atomic E-state index is 11.0. The van der Waals surface area contributed by atoms with E-state index in [2.05, 4.69) is 5.10 Å². The van der Waals surface area contributed by atoms with Gasteiger partial charge < -0.3 is 11.5 Å². The fourth-order valence-corrected chi connectivity index (χ4v) is 1.84. The topological polar surface area (TPSA) is 86.9 Å². The van der Waals surface area contributed by atoms with Crippen molar-refractivity contribution in [1.29, 1.82) is 0 Å². The predicted molar refractivity (Wildman–Crippen MR) is 69.4 cm³/mol. The maximum absolute atomic E-state index is 11.0. The molecular formula is C13H16N4O. The van der Waals surface area contributed by atoms with E-state index in [9.17, 15) is 4.79 Å². The largest absolute Gasteiger partial charge is 0.364 e. The molecule has 1 heterocycles. The van der Waals surface area contributed by atoms with E-state index in [1.54, 1.807) is 16.9 Å². The summed E-state index contributed by atoms with van der Waals surface area (Å²) < 4.78 is 1.65. The zero-order valence-electron chi connectivity index (χ0n) is 10.2. The summed E-state index contributed by atoms with van der Waals surface area (Å²) in [5.74, 6) is -0.529. The van der Waals surface area contributed by atoms with Crippen LogP contribution in [0, 0.1) is 0 Å². The van der Waals surface area contributed by atoms with Crippen LogP contribution in [0.3, 0.4) is 0 Å². The second-order valence-electron chi connectivity index (χ2n) is 4.32. The summed E-state index contributed by atoms with van der Waals surface area (Å²) in [6.45, 7) is 1.95. The molecule has 0 bridgehead atoms. The van der Waals surface area contributed by atoms with E-state index >= 15 is 0 Å². The lowest BCUT2D eigenvalue weighted by Crippen LogP contribution is -2.19. The predicted octanol–water partition coefficient (Wildman–Crippen LogP) is 0.861. The molecule has 2 rings (SSSR count). The average Bonchev–Trinajstić information content (AvgIpc) is 2.78. The minimum atomic E-state index is -0.529. The standard InChI is InChI=1S/C13H16N4O/c1-9(14)8-10-4-2-3-5-12(10)17-7-6-11(16-17)13(15)18/h2-7,9H,8,14H2,1H3,(H2,15,18).